The van der Waals surface area contributed by atoms with Crippen molar-refractivity contribution < 1.29 is 110 Å². The van der Waals surface area contributed by atoms with Gasteiger partial charge in [-0.05, 0) is 0 Å². The summed E-state index contributed by atoms with van der Waals surface area (Å²) in [6.07, 6.45) is 3.75. The van der Waals surface area contributed by atoms with E-state index >= 15 is 0 Å². The van der Waals surface area contributed by atoms with Crippen molar-refractivity contribution >= 4 is 0 Å². The van der Waals surface area contributed by atoms with Gasteiger partial charge in [-0.2, -0.15) is 0 Å². The number of aromatic nitrogens is 1. The summed E-state index contributed by atoms with van der Waals surface area (Å²) in [4.78, 5) is 2.89. The van der Waals surface area contributed by atoms with Gasteiger partial charge in [0.15, 0.2) is 12.4 Å². The van der Waals surface area contributed by atoms with Gasteiger partial charge in [0.05, 0.1) is 0 Å². The van der Waals surface area contributed by atoms with Gasteiger partial charge in [0, 0.05) is 12.1 Å². The van der Waals surface area contributed by atoms with E-state index in [0.717, 1.165) is 0 Å². The van der Waals surface area contributed by atoms with E-state index in [1.807, 2.05) is 30.6 Å². The molecule has 11 heteroatoms. The SMILES string of the molecule is [K+].[O]=[Cr](=[O])([O-])[O][Cr](=[O])(=[O])[O-].c1cc[nH+]cc1. The molecule has 0 saturated carbocycles. The number of rotatable bonds is 2. The van der Waals surface area contributed by atoms with Gasteiger partial charge in [-0.1, -0.05) is 6.07 Å². The molecule has 0 aliphatic heterocycles. The third-order valence-electron chi connectivity index (χ3n) is 0.774. The molecule has 0 spiro atoms. The van der Waals surface area contributed by atoms with Crippen LogP contribution in [0.4, 0.5) is 0 Å². The zero-order valence-corrected chi connectivity index (χ0v) is 13.7. The number of hydrogen-bond acceptors (Lipinski definition) is 7. The minimum Gasteiger partial charge on any atom is -0.218 e. The van der Waals surface area contributed by atoms with Crippen LogP contribution in [0.3, 0.4) is 0 Å². The van der Waals surface area contributed by atoms with Gasteiger partial charge in [0.2, 0.25) is 0 Å². The maximum atomic E-state index is 9.38. The first-order valence-corrected chi connectivity index (χ1v) is 7.41. The summed E-state index contributed by atoms with van der Waals surface area (Å²) in [7, 11) is 0. The van der Waals surface area contributed by atoms with Gasteiger partial charge in [-0.15, -0.1) is 0 Å². The van der Waals surface area contributed by atoms with Crippen LogP contribution in [-0.4, -0.2) is 0 Å². The first-order chi connectivity index (χ1) is 6.71. The van der Waals surface area contributed by atoms with Crippen LogP contribution in [0, 0.1) is 0 Å². The minimum absolute atomic E-state index is 0. The number of nitrogens with one attached hydrogen (secondary N) is 1. The maximum Gasteiger partial charge on any atom is 0.166 e. The fraction of sp³-hybridized carbons (Fsp3) is 0. The van der Waals surface area contributed by atoms with E-state index in [4.69, 9.17) is 0 Å². The predicted octanol–water partition coefficient (Wildman–Crippen LogP) is -5.42. The maximum absolute atomic E-state index is 9.38. The molecule has 0 aromatic carbocycles. The van der Waals surface area contributed by atoms with Crippen molar-refractivity contribution in [2.75, 3.05) is 0 Å². The van der Waals surface area contributed by atoms with Crippen molar-refractivity contribution in [2.45, 2.75) is 0 Å². The van der Waals surface area contributed by atoms with Gasteiger partial charge in [-0.25, -0.2) is 4.98 Å². The Morgan fingerprint density at radius 3 is 1.31 bits per heavy atom. The van der Waals surface area contributed by atoms with Crippen LogP contribution in [0.25, 0.3) is 0 Å². The zero-order valence-electron chi connectivity index (χ0n) is 8.06. The first kappa shape index (κ1) is 19.3. The third kappa shape index (κ3) is 17.3. The smallest absolute Gasteiger partial charge is 0.166 e. The Hall–Kier alpha value is 0.931. The zero-order chi connectivity index (χ0) is 11.9. The van der Waals surface area contributed by atoms with E-state index in [-0.39, 0.29) is 51.4 Å². The van der Waals surface area contributed by atoms with Crippen molar-refractivity contribution in [1.82, 2.24) is 0 Å². The summed E-state index contributed by atoms with van der Waals surface area (Å²) >= 11 is -12.1. The first-order valence-electron chi connectivity index (χ1n) is 3.24. The molecular formula is C5H6Cr2KNO7. The summed E-state index contributed by atoms with van der Waals surface area (Å²) in [5, 5.41) is 0. The molecule has 8 nitrogen and oxygen atoms in total. The molecule has 0 unspecified atom stereocenters. The Morgan fingerprint density at radius 2 is 1.25 bits per heavy atom. The number of pyridine rings is 1. The minimum atomic E-state index is -6.07. The second kappa shape index (κ2) is 8.94. The number of hydrogen-bond donors (Lipinski definition) is 0. The van der Waals surface area contributed by atoms with Crippen molar-refractivity contribution in [2.24, 2.45) is 0 Å². The molecule has 0 aliphatic carbocycles. The fourth-order valence-electron chi connectivity index (χ4n) is 0.444. The van der Waals surface area contributed by atoms with Crippen LogP contribution >= 0.6 is 0 Å². The summed E-state index contributed by atoms with van der Waals surface area (Å²) in [5.41, 5.74) is 0. The van der Waals surface area contributed by atoms with E-state index in [2.05, 4.69) is 7.82 Å². The van der Waals surface area contributed by atoms with Crippen LogP contribution < -0.4 is 64.7 Å². The van der Waals surface area contributed by atoms with Gasteiger partial charge in [-0.3, -0.25) is 0 Å². The molecule has 0 bridgehead atoms. The van der Waals surface area contributed by atoms with E-state index in [0.29, 0.717) is 0 Å². The van der Waals surface area contributed by atoms with Crippen LogP contribution in [0.2, 0.25) is 0 Å². The molecule has 1 heterocycles. The Kier molecular flexibility index (Phi) is 10.8. The number of H-pyrrole nitrogens is 1. The molecule has 16 heavy (non-hydrogen) atoms. The molecule has 0 aliphatic rings. The second-order valence-corrected chi connectivity index (χ2v) is 5.60. The molecule has 1 N–H and O–H groups in total. The molecular weight excluding hydrogens is 329 g/mol. The molecule has 0 amide bonds. The summed E-state index contributed by atoms with van der Waals surface area (Å²) in [6.45, 7) is 0. The summed E-state index contributed by atoms with van der Waals surface area (Å²) in [5.74, 6) is 0. The van der Waals surface area contributed by atoms with Gasteiger partial charge in [0.25, 0.3) is 0 Å². The normalized spacial score (nSPS) is 10.6. The second-order valence-electron chi connectivity index (χ2n) is 1.96. The van der Waals surface area contributed by atoms with Gasteiger partial charge >= 0.3 is 105 Å². The van der Waals surface area contributed by atoms with Crippen molar-refractivity contribution in [3.8, 4) is 0 Å². The van der Waals surface area contributed by atoms with Crippen LogP contribution in [0.1, 0.15) is 0 Å². The van der Waals surface area contributed by atoms with E-state index in [1.54, 1.807) is 0 Å². The van der Waals surface area contributed by atoms with Crippen molar-refractivity contribution in [1.29, 1.82) is 0 Å². The summed E-state index contributed by atoms with van der Waals surface area (Å²) < 4.78 is 58.9. The van der Waals surface area contributed by atoms with Crippen LogP contribution in [0.15, 0.2) is 30.6 Å². The Bertz CT molecular complexity index is 414. The van der Waals surface area contributed by atoms with E-state index in [9.17, 15) is 23.5 Å². The predicted molar refractivity (Wildman–Crippen MR) is 26.8 cm³/mol. The molecule has 86 valence electrons. The van der Waals surface area contributed by atoms with Crippen molar-refractivity contribution in [3.63, 3.8) is 0 Å². The topological polar surface area (TPSA) is 138 Å². The van der Waals surface area contributed by atoms with Gasteiger partial charge in [0.1, 0.15) is 0 Å². The molecule has 0 fully saturated rings. The standard InChI is InChI=1S/C5H5N.2Cr.K.7O/c1-2-4-6-5-3-1;;;;;;;;;;/h1-5H;;;;;;;;;;/q;;;+1;;;;;;2*-1/p+1. The third-order valence-corrected chi connectivity index (χ3v) is 3.44. The van der Waals surface area contributed by atoms with E-state index < -0.39 is 27.2 Å². The largest absolute Gasteiger partial charge is 0.218 e. The molecule has 0 saturated heterocycles. The molecule has 0 radical (unpaired) electrons. The monoisotopic (exact) mass is 335 g/mol. The Labute approximate surface area is 138 Å². The van der Waals surface area contributed by atoms with Crippen LogP contribution in [0.5, 0.6) is 0 Å². The fourth-order valence-corrected chi connectivity index (χ4v) is 2.08. The Balaban J connectivity index is 0. The molecule has 1 aromatic heterocycles. The molecule has 0 atom stereocenters. The molecule has 1 aromatic rings. The Morgan fingerprint density at radius 1 is 0.875 bits per heavy atom. The average Bonchev–Trinajstić information content (AvgIpc) is 2.01. The van der Waals surface area contributed by atoms with E-state index in [1.165, 1.54) is 0 Å². The van der Waals surface area contributed by atoms with Gasteiger partial charge < -0.3 is 0 Å². The van der Waals surface area contributed by atoms with Crippen LogP contribution in [-0.2, 0) is 45.3 Å². The average molecular weight is 335 g/mol. The van der Waals surface area contributed by atoms with Crippen molar-refractivity contribution in [3.05, 3.63) is 30.6 Å². The number of aromatic amines is 1. The summed E-state index contributed by atoms with van der Waals surface area (Å²) in [6, 6.07) is 5.86. The molecule has 1 rings (SSSR count). The quantitative estimate of drug-likeness (QED) is 0.492.